The maximum atomic E-state index is 14.1. The van der Waals surface area contributed by atoms with Crippen molar-refractivity contribution in [1.29, 1.82) is 0 Å². The molecule has 0 spiro atoms. The van der Waals surface area contributed by atoms with Crippen molar-refractivity contribution in [3.05, 3.63) is 120 Å². The fourth-order valence-electron chi connectivity index (χ4n) is 15.3. The Kier molecular flexibility index (Phi) is 24.2. The van der Waals surface area contributed by atoms with E-state index in [0.29, 0.717) is 17.4 Å². The molecule has 3 aromatic carbocycles. The van der Waals surface area contributed by atoms with Gasteiger partial charge in [-0.2, -0.15) is 4.58 Å². The Labute approximate surface area is 476 Å². The number of aliphatic hydroxyl groups is 1. The molecule has 1 unspecified atom stereocenters. The van der Waals surface area contributed by atoms with Gasteiger partial charge in [-0.05, 0) is 103 Å². The number of carbonyl (C=O) groups excluding carboxylic acids is 1. The van der Waals surface area contributed by atoms with Crippen LogP contribution in [0.25, 0.3) is 5.57 Å². The SMILES string of the molecule is O=C1C(c2ccc(N(CCCCCCCCCCCC3CCCCC3)c3ccc(C4CCCCC4)cc3)cc2)=C(O)C1C1C=CC(=[N+](CCCCCCCCCCCC2CCCCC2)c2ccc(C3CCCCC3)cc2)C=C1. The number of carbonyl (C=O) groups is 1. The van der Waals surface area contributed by atoms with E-state index in [2.05, 4.69) is 107 Å². The van der Waals surface area contributed by atoms with E-state index in [-0.39, 0.29) is 17.5 Å². The number of anilines is 2. The van der Waals surface area contributed by atoms with Crippen molar-refractivity contribution in [3.8, 4) is 0 Å². The highest BCUT2D eigenvalue weighted by Gasteiger charge is 2.44. The quantitative estimate of drug-likeness (QED) is 0.0516. The molecule has 1 atom stereocenters. The molecule has 3 aromatic rings. The Balaban J connectivity index is 0.781. The van der Waals surface area contributed by atoms with Gasteiger partial charge in [0.2, 0.25) is 11.4 Å². The van der Waals surface area contributed by atoms with Crippen molar-refractivity contribution >= 4 is 34.1 Å². The van der Waals surface area contributed by atoms with Crippen molar-refractivity contribution in [2.45, 2.75) is 269 Å². The normalized spacial score (nSPS) is 20.9. The fourth-order valence-corrected chi connectivity index (χ4v) is 15.3. The summed E-state index contributed by atoms with van der Waals surface area (Å²) >= 11 is 0. The molecule has 9 rings (SSSR count). The third-order valence-corrected chi connectivity index (χ3v) is 20.2. The van der Waals surface area contributed by atoms with Crippen LogP contribution >= 0.6 is 0 Å². The van der Waals surface area contributed by atoms with Crippen molar-refractivity contribution in [1.82, 2.24) is 0 Å². The van der Waals surface area contributed by atoms with Gasteiger partial charge in [0.25, 0.3) is 0 Å². The van der Waals surface area contributed by atoms with Crippen LogP contribution in [0.4, 0.5) is 17.1 Å². The van der Waals surface area contributed by atoms with E-state index in [1.54, 1.807) is 0 Å². The lowest BCUT2D eigenvalue weighted by Crippen LogP contribution is -2.35. The van der Waals surface area contributed by atoms with Crippen molar-refractivity contribution in [2.75, 3.05) is 18.0 Å². The summed E-state index contributed by atoms with van der Waals surface area (Å²) in [5.74, 6) is 3.05. The minimum Gasteiger partial charge on any atom is -0.511 e. The van der Waals surface area contributed by atoms with E-state index in [4.69, 9.17) is 0 Å². The van der Waals surface area contributed by atoms with E-state index >= 15 is 0 Å². The lowest BCUT2D eigenvalue weighted by molar-refractivity contribution is -0.439. The topological polar surface area (TPSA) is 43.6 Å². The summed E-state index contributed by atoms with van der Waals surface area (Å²) in [5.41, 5.74) is 9.13. The first kappa shape index (κ1) is 58.5. The Hall–Kier alpha value is -4.18. The van der Waals surface area contributed by atoms with Gasteiger partial charge in [-0.1, -0.05) is 260 Å². The molecule has 0 saturated heterocycles. The molecule has 6 aliphatic carbocycles. The van der Waals surface area contributed by atoms with E-state index in [9.17, 15) is 9.90 Å². The average Bonchev–Trinajstić information content (AvgIpc) is 3.66. The van der Waals surface area contributed by atoms with Crippen molar-refractivity contribution in [2.24, 2.45) is 23.7 Å². The van der Waals surface area contributed by atoms with Crippen LogP contribution in [0.5, 0.6) is 0 Å². The molecule has 0 bridgehead atoms. The molecule has 4 heteroatoms. The van der Waals surface area contributed by atoms with E-state index < -0.39 is 5.92 Å². The summed E-state index contributed by atoms with van der Waals surface area (Å²) in [4.78, 5) is 16.6. The predicted octanol–water partition coefficient (Wildman–Crippen LogP) is 21.9. The molecular formula is C74H107N2O2+. The first-order chi connectivity index (χ1) is 38.6. The lowest BCUT2D eigenvalue weighted by Gasteiger charge is -2.32. The number of ketones is 1. The number of benzene rings is 3. The molecule has 4 saturated carbocycles. The number of allylic oxidation sites excluding steroid dienone is 6. The molecule has 0 amide bonds. The minimum atomic E-state index is -0.528. The van der Waals surface area contributed by atoms with Gasteiger partial charge in [0.1, 0.15) is 12.3 Å². The van der Waals surface area contributed by atoms with Gasteiger partial charge in [0.05, 0.1) is 11.5 Å². The van der Waals surface area contributed by atoms with Crippen LogP contribution in [0, 0.1) is 23.7 Å². The van der Waals surface area contributed by atoms with Gasteiger partial charge < -0.3 is 10.0 Å². The van der Waals surface area contributed by atoms with Gasteiger partial charge in [0.15, 0.2) is 5.78 Å². The molecular weight excluding hydrogens is 949 g/mol. The number of hydrogen-bond donors (Lipinski definition) is 1. The number of rotatable bonds is 31. The maximum absolute atomic E-state index is 14.1. The van der Waals surface area contributed by atoms with E-state index in [1.165, 1.54) is 272 Å². The lowest BCUT2D eigenvalue weighted by atomic mass is 9.71. The summed E-state index contributed by atoms with van der Waals surface area (Å²) in [6.45, 7) is 1.96. The second kappa shape index (κ2) is 32.3. The molecule has 0 aromatic heterocycles. The Bertz CT molecular complexity index is 2310. The average molecular weight is 1060 g/mol. The zero-order valence-electron chi connectivity index (χ0n) is 49.2. The molecule has 78 heavy (non-hydrogen) atoms. The summed E-state index contributed by atoms with van der Waals surface area (Å²) in [5, 5.41) is 11.7. The molecule has 4 fully saturated rings. The molecule has 1 N–H and O–H groups in total. The summed E-state index contributed by atoms with van der Waals surface area (Å²) in [6.07, 6.45) is 64.2. The standard InChI is InChI=1S/C74H106N2O2/c77-73-71(65-45-53-69(54-46-65)75(67-49-41-63(42-50-67)61-37-25-17-26-38-61)57-29-13-9-5-1-3-7-11-19-31-59-33-21-15-22-34-59)74(78)72(73)66-47-55-70(56-48-66)76(68-51-43-64(44-52-68)62-39-27-18-28-40-62)58-30-14-10-6-2-4-8-12-20-32-60-35-23-16-24-36-60/h41-56,59-62,65,71H,1-40,57-58H2/p+1. The second-order valence-corrected chi connectivity index (χ2v) is 26.0. The van der Waals surface area contributed by atoms with Gasteiger partial charge >= 0.3 is 0 Å². The van der Waals surface area contributed by atoms with Gasteiger partial charge in [-0.3, -0.25) is 4.79 Å². The highest BCUT2D eigenvalue weighted by atomic mass is 16.3. The molecule has 424 valence electrons. The van der Waals surface area contributed by atoms with Gasteiger partial charge in [0, 0.05) is 54.5 Å². The summed E-state index contributed by atoms with van der Waals surface area (Å²) in [6, 6.07) is 27.5. The van der Waals surface area contributed by atoms with Crippen LogP contribution in [-0.2, 0) is 4.79 Å². The number of aliphatic hydroxyl groups excluding tert-OH is 1. The molecule has 6 aliphatic rings. The highest BCUT2D eigenvalue weighted by molar-refractivity contribution is 6.30. The van der Waals surface area contributed by atoms with Gasteiger partial charge in [-0.25, -0.2) is 0 Å². The number of hydrogen-bond acceptors (Lipinski definition) is 3. The zero-order chi connectivity index (χ0) is 53.4. The monoisotopic (exact) mass is 1060 g/mol. The van der Waals surface area contributed by atoms with Crippen molar-refractivity contribution in [3.63, 3.8) is 0 Å². The van der Waals surface area contributed by atoms with Crippen LogP contribution in [0.15, 0.2) is 103 Å². The Morgan fingerprint density at radius 2 is 0.833 bits per heavy atom. The van der Waals surface area contributed by atoms with Crippen LogP contribution in [-0.4, -0.2) is 34.3 Å². The first-order valence-electron chi connectivity index (χ1n) is 33.6. The number of unbranched alkanes of at least 4 members (excludes halogenated alkanes) is 16. The molecule has 4 nitrogen and oxygen atoms in total. The van der Waals surface area contributed by atoms with E-state index in [0.717, 1.165) is 49.0 Å². The number of nitrogens with zero attached hydrogens (tertiary/aromatic N) is 2. The largest absolute Gasteiger partial charge is 0.511 e. The fraction of sp³-hybridized carbons (Fsp3) is 0.649. The van der Waals surface area contributed by atoms with Crippen LogP contribution in [0.3, 0.4) is 0 Å². The van der Waals surface area contributed by atoms with Crippen LogP contribution in [0.1, 0.15) is 285 Å². The smallest absolute Gasteiger partial charge is 0.205 e. The van der Waals surface area contributed by atoms with Gasteiger partial charge in [-0.15, -0.1) is 0 Å². The first-order valence-corrected chi connectivity index (χ1v) is 33.6. The van der Waals surface area contributed by atoms with Crippen LogP contribution < -0.4 is 4.90 Å². The Morgan fingerprint density at radius 1 is 0.436 bits per heavy atom. The Morgan fingerprint density at radius 3 is 1.29 bits per heavy atom. The molecule has 0 aliphatic heterocycles. The summed E-state index contributed by atoms with van der Waals surface area (Å²) < 4.78 is 2.50. The second-order valence-electron chi connectivity index (χ2n) is 26.0. The van der Waals surface area contributed by atoms with Crippen LogP contribution in [0.2, 0.25) is 0 Å². The van der Waals surface area contributed by atoms with Crippen molar-refractivity contribution < 1.29 is 14.5 Å². The predicted molar refractivity (Wildman–Crippen MR) is 333 cm³/mol. The minimum absolute atomic E-state index is 0.0483. The highest BCUT2D eigenvalue weighted by Crippen LogP contribution is 2.44. The third kappa shape index (κ3) is 17.4. The maximum Gasteiger partial charge on any atom is 0.205 e. The molecule has 0 radical (unpaired) electrons. The zero-order valence-corrected chi connectivity index (χ0v) is 49.2. The third-order valence-electron chi connectivity index (χ3n) is 20.2. The number of Topliss-reactive ketones (excluding diaryl/α,β-unsaturated/α-hetero) is 1. The molecule has 0 heterocycles. The summed E-state index contributed by atoms with van der Waals surface area (Å²) in [7, 11) is 0. The van der Waals surface area contributed by atoms with E-state index in [1.807, 2.05) is 0 Å².